The van der Waals surface area contributed by atoms with Gasteiger partial charge in [-0.25, -0.2) is 4.98 Å². The van der Waals surface area contributed by atoms with E-state index in [1.165, 1.54) is 11.3 Å². The Morgan fingerprint density at radius 1 is 1.23 bits per heavy atom. The minimum Gasteiger partial charge on any atom is -0.497 e. The zero-order valence-corrected chi connectivity index (χ0v) is 13.4. The van der Waals surface area contributed by atoms with Gasteiger partial charge in [0.1, 0.15) is 16.8 Å². The maximum atomic E-state index is 9.36. The molecular formula is C17H12N2OS2. The smallest absolute Gasteiger partial charge is 0.134 e. The molecule has 0 spiro atoms. The van der Waals surface area contributed by atoms with E-state index in [2.05, 4.69) is 11.1 Å². The molecule has 2 heterocycles. The van der Waals surface area contributed by atoms with E-state index in [0.29, 0.717) is 5.57 Å². The lowest BCUT2D eigenvalue weighted by molar-refractivity contribution is 0.415. The zero-order chi connectivity index (χ0) is 15.4. The van der Waals surface area contributed by atoms with Gasteiger partial charge in [0.2, 0.25) is 0 Å². The predicted octanol–water partition coefficient (Wildman–Crippen LogP) is 4.94. The average molecular weight is 324 g/mol. The van der Waals surface area contributed by atoms with Gasteiger partial charge >= 0.3 is 0 Å². The van der Waals surface area contributed by atoms with E-state index in [-0.39, 0.29) is 0 Å². The number of nitriles is 1. The first kappa shape index (κ1) is 14.5. The number of benzene rings is 1. The zero-order valence-electron chi connectivity index (χ0n) is 11.8. The molecule has 22 heavy (non-hydrogen) atoms. The minimum atomic E-state index is 0.590. The third-order valence-corrected chi connectivity index (χ3v) is 4.77. The van der Waals surface area contributed by atoms with Crippen LogP contribution in [0.2, 0.25) is 0 Å². The van der Waals surface area contributed by atoms with Crippen molar-refractivity contribution in [3.8, 4) is 23.1 Å². The number of ether oxygens (including phenoxy) is 1. The van der Waals surface area contributed by atoms with E-state index in [1.807, 2.05) is 53.2 Å². The lowest BCUT2D eigenvalue weighted by atomic mass is 10.1. The van der Waals surface area contributed by atoms with Gasteiger partial charge < -0.3 is 4.74 Å². The van der Waals surface area contributed by atoms with Crippen LogP contribution < -0.4 is 4.74 Å². The van der Waals surface area contributed by atoms with Gasteiger partial charge in [0, 0.05) is 15.8 Å². The van der Waals surface area contributed by atoms with Gasteiger partial charge in [0.25, 0.3) is 0 Å². The van der Waals surface area contributed by atoms with Gasteiger partial charge in [-0.15, -0.1) is 22.7 Å². The summed E-state index contributed by atoms with van der Waals surface area (Å²) in [7, 11) is 1.64. The number of allylic oxidation sites excluding steroid dienone is 1. The van der Waals surface area contributed by atoms with Crippen molar-refractivity contribution in [2.75, 3.05) is 7.11 Å². The summed E-state index contributed by atoms with van der Waals surface area (Å²) < 4.78 is 5.16. The first-order valence-electron chi connectivity index (χ1n) is 6.56. The summed E-state index contributed by atoms with van der Waals surface area (Å²) >= 11 is 3.08. The third-order valence-electron chi connectivity index (χ3n) is 3.07. The second kappa shape index (κ2) is 6.56. The molecule has 0 saturated carbocycles. The van der Waals surface area contributed by atoms with Crippen LogP contribution in [0.3, 0.4) is 0 Å². The topological polar surface area (TPSA) is 45.9 Å². The molecule has 0 fully saturated rings. The molecule has 108 valence electrons. The van der Waals surface area contributed by atoms with Crippen LogP contribution in [0.25, 0.3) is 22.9 Å². The van der Waals surface area contributed by atoms with Crippen molar-refractivity contribution in [1.29, 1.82) is 5.26 Å². The van der Waals surface area contributed by atoms with Crippen LogP contribution in [-0.2, 0) is 0 Å². The molecule has 0 unspecified atom stereocenters. The number of thiophene rings is 1. The number of aromatic nitrogens is 1. The molecular weight excluding hydrogens is 312 g/mol. The first-order chi connectivity index (χ1) is 10.8. The van der Waals surface area contributed by atoms with Crippen molar-refractivity contribution in [1.82, 2.24) is 4.98 Å². The molecule has 3 aromatic rings. The largest absolute Gasteiger partial charge is 0.497 e. The maximum Gasteiger partial charge on any atom is 0.134 e. The standard InChI is InChI=1S/C17H12N2OS2/c1-20-14-6-4-12(5-7-14)16-11-22-17(19-16)13(10-18)9-15-3-2-8-21-15/h2-9,11H,1H3. The summed E-state index contributed by atoms with van der Waals surface area (Å²) in [6.45, 7) is 0. The fourth-order valence-corrected chi connectivity index (χ4v) is 3.40. The van der Waals surface area contributed by atoms with E-state index in [1.54, 1.807) is 18.4 Å². The van der Waals surface area contributed by atoms with E-state index in [4.69, 9.17) is 4.74 Å². The highest BCUT2D eigenvalue weighted by atomic mass is 32.1. The third kappa shape index (κ3) is 3.08. The first-order valence-corrected chi connectivity index (χ1v) is 8.31. The second-order valence-electron chi connectivity index (χ2n) is 4.45. The molecule has 0 radical (unpaired) electrons. The second-order valence-corrected chi connectivity index (χ2v) is 6.29. The van der Waals surface area contributed by atoms with Crippen LogP contribution in [0.1, 0.15) is 9.88 Å². The average Bonchev–Trinajstić information content (AvgIpc) is 3.24. The van der Waals surface area contributed by atoms with Gasteiger partial charge in [-0.1, -0.05) is 6.07 Å². The van der Waals surface area contributed by atoms with E-state index >= 15 is 0 Å². The van der Waals surface area contributed by atoms with E-state index < -0.39 is 0 Å². The predicted molar refractivity (Wildman–Crippen MR) is 91.9 cm³/mol. The van der Waals surface area contributed by atoms with Crippen LogP contribution in [0, 0.1) is 11.3 Å². The summed E-state index contributed by atoms with van der Waals surface area (Å²) in [6, 6.07) is 13.9. The highest BCUT2D eigenvalue weighted by Gasteiger charge is 2.09. The molecule has 0 atom stereocenters. The van der Waals surface area contributed by atoms with Crippen LogP contribution in [0.5, 0.6) is 5.75 Å². The Morgan fingerprint density at radius 2 is 2.05 bits per heavy atom. The van der Waals surface area contributed by atoms with Crippen LogP contribution in [-0.4, -0.2) is 12.1 Å². The Balaban J connectivity index is 1.90. The molecule has 2 aromatic heterocycles. The van der Waals surface area contributed by atoms with Gasteiger partial charge in [0.15, 0.2) is 0 Å². The molecule has 3 nitrogen and oxygen atoms in total. The van der Waals surface area contributed by atoms with Crippen LogP contribution in [0.4, 0.5) is 0 Å². The van der Waals surface area contributed by atoms with Crippen molar-refractivity contribution in [3.63, 3.8) is 0 Å². The molecule has 0 amide bonds. The van der Waals surface area contributed by atoms with Crippen LogP contribution >= 0.6 is 22.7 Å². The molecule has 0 aliphatic carbocycles. The lowest BCUT2D eigenvalue weighted by Crippen LogP contribution is -1.84. The Labute approximate surface area is 136 Å². The summed E-state index contributed by atoms with van der Waals surface area (Å²) in [5.41, 5.74) is 2.47. The Kier molecular flexibility index (Phi) is 4.33. The van der Waals surface area contributed by atoms with Gasteiger partial charge in [0.05, 0.1) is 18.4 Å². The summed E-state index contributed by atoms with van der Waals surface area (Å²) in [5, 5.41) is 14.1. The van der Waals surface area contributed by atoms with Crippen molar-refractivity contribution < 1.29 is 4.74 Å². The fourth-order valence-electron chi connectivity index (χ4n) is 1.95. The molecule has 0 bridgehead atoms. The number of thiazole rings is 1. The monoisotopic (exact) mass is 324 g/mol. The number of hydrogen-bond acceptors (Lipinski definition) is 5. The highest BCUT2D eigenvalue weighted by Crippen LogP contribution is 2.28. The lowest BCUT2D eigenvalue weighted by Gasteiger charge is -2.00. The minimum absolute atomic E-state index is 0.590. The molecule has 1 aromatic carbocycles. The summed E-state index contributed by atoms with van der Waals surface area (Å²) in [5.74, 6) is 0.814. The van der Waals surface area contributed by atoms with Crippen molar-refractivity contribution >= 4 is 34.3 Å². The van der Waals surface area contributed by atoms with Crippen molar-refractivity contribution in [3.05, 3.63) is 57.0 Å². The van der Waals surface area contributed by atoms with Crippen molar-refractivity contribution in [2.45, 2.75) is 0 Å². The van der Waals surface area contributed by atoms with Crippen molar-refractivity contribution in [2.24, 2.45) is 0 Å². The normalized spacial score (nSPS) is 11.2. The van der Waals surface area contributed by atoms with Gasteiger partial charge in [-0.2, -0.15) is 5.26 Å². The SMILES string of the molecule is COc1ccc(-c2csc(C(C#N)=Cc3cccs3)n2)cc1. The molecule has 5 heteroatoms. The van der Waals surface area contributed by atoms with E-state index in [9.17, 15) is 5.26 Å². The number of hydrogen-bond donors (Lipinski definition) is 0. The summed E-state index contributed by atoms with van der Waals surface area (Å²) in [4.78, 5) is 5.63. The number of rotatable bonds is 4. The Morgan fingerprint density at radius 3 is 2.68 bits per heavy atom. The van der Waals surface area contributed by atoms with Crippen LogP contribution in [0.15, 0.2) is 47.2 Å². The van der Waals surface area contributed by atoms with Gasteiger partial charge in [-0.05, 0) is 41.8 Å². The Hall–Kier alpha value is -2.42. The quantitative estimate of drug-likeness (QED) is 0.638. The molecule has 3 rings (SSSR count). The van der Waals surface area contributed by atoms with Gasteiger partial charge in [-0.3, -0.25) is 0 Å². The molecule has 0 N–H and O–H groups in total. The summed E-state index contributed by atoms with van der Waals surface area (Å²) in [6.07, 6.45) is 1.88. The fraction of sp³-hybridized carbons (Fsp3) is 0.0588. The molecule has 0 saturated heterocycles. The highest BCUT2D eigenvalue weighted by molar-refractivity contribution is 7.12. The molecule has 0 aliphatic heterocycles. The Bertz CT molecular complexity index is 824. The number of nitrogens with zero attached hydrogens (tertiary/aromatic N) is 2. The molecule has 0 aliphatic rings. The number of methoxy groups -OCH3 is 1. The van der Waals surface area contributed by atoms with E-state index in [0.717, 1.165) is 26.9 Å². The maximum absolute atomic E-state index is 9.36.